The number of amides is 2. The van der Waals surface area contributed by atoms with Gasteiger partial charge in [-0.1, -0.05) is 31.9 Å². The molecule has 0 spiro atoms. The van der Waals surface area contributed by atoms with Gasteiger partial charge in [0.15, 0.2) is 9.84 Å². The van der Waals surface area contributed by atoms with Crippen molar-refractivity contribution in [1.82, 2.24) is 10.9 Å². The van der Waals surface area contributed by atoms with Crippen LogP contribution in [-0.4, -0.2) is 36.4 Å². The second kappa shape index (κ2) is 9.16. The molecule has 0 aromatic carbocycles. The molecule has 1 aliphatic rings. The highest BCUT2D eigenvalue weighted by Crippen LogP contribution is 2.51. The van der Waals surface area contributed by atoms with Crippen molar-refractivity contribution >= 4 is 21.7 Å². The highest BCUT2D eigenvalue weighted by Gasteiger charge is 2.56. The summed E-state index contributed by atoms with van der Waals surface area (Å²) in [4.78, 5) is 25.1. The molecule has 0 radical (unpaired) electrons. The molecule has 0 aromatic rings. The maximum Gasteiger partial charge on any atom is 0.247 e. The van der Waals surface area contributed by atoms with E-state index in [9.17, 15) is 23.2 Å². The molecule has 0 bridgehead atoms. The summed E-state index contributed by atoms with van der Waals surface area (Å²) in [5.74, 6) is 1.39. The maximum atomic E-state index is 12.9. The van der Waals surface area contributed by atoms with Gasteiger partial charge in [0.1, 0.15) is 0 Å². The quantitative estimate of drug-likeness (QED) is 0.158. The number of carbonyl (C=O) groups is 2. The maximum absolute atomic E-state index is 12.9. The number of hydroxylamine groups is 1. The Morgan fingerprint density at radius 1 is 1.30 bits per heavy atom. The fourth-order valence-corrected chi connectivity index (χ4v) is 6.57. The summed E-state index contributed by atoms with van der Waals surface area (Å²) in [5, 5.41) is 9.33. The molecule has 1 rings (SSSR count). The van der Waals surface area contributed by atoms with E-state index in [-0.39, 0.29) is 5.92 Å². The molecule has 1 saturated carbocycles. The van der Waals surface area contributed by atoms with E-state index in [0.29, 0.717) is 25.7 Å². The van der Waals surface area contributed by atoms with Crippen LogP contribution >= 0.6 is 0 Å². The largest absolute Gasteiger partial charge is 0.294 e. The number of hydrogen-bond acceptors (Lipinski definition) is 6. The molecule has 5 N–H and O–H groups in total. The van der Waals surface area contributed by atoms with Gasteiger partial charge in [0.2, 0.25) is 11.8 Å². The van der Waals surface area contributed by atoms with Gasteiger partial charge >= 0.3 is 0 Å². The number of sulfone groups is 1. The Labute approximate surface area is 161 Å². The average molecular weight is 404 g/mol. The van der Waals surface area contributed by atoms with Gasteiger partial charge in [0.25, 0.3) is 0 Å². The minimum Gasteiger partial charge on any atom is -0.294 e. The molecule has 27 heavy (non-hydrogen) atoms. The highest BCUT2D eigenvalue weighted by molar-refractivity contribution is 7.92. The van der Waals surface area contributed by atoms with Crippen molar-refractivity contribution in [2.75, 3.05) is 6.26 Å². The number of carbonyl (C=O) groups excluding carboxylic acids is 2. The smallest absolute Gasteiger partial charge is 0.247 e. The normalized spacial score (nSPS) is 25.0. The fraction of sp³-hybridized carbons (Fsp3) is 0.778. The summed E-state index contributed by atoms with van der Waals surface area (Å²) in [5.41, 5.74) is 4.48. The number of rotatable bonds is 8. The molecule has 4 atom stereocenters. The summed E-state index contributed by atoms with van der Waals surface area (Å²) in [6.07, 6.45) is 4.71. The van der Waals surface area contributed by atoms with Crippen LogP contribution in [0.15, 0.2) is 11.6 Å². The van der Waals surface area contributed by atoms with E-state index in [4.69, 9.17) is 5.84 Å². The Balaban J connectivity index is 3.62. The topological polar surface area (TPSA) is 139 Å². The zero-order chi connectivity index (χ0) is 21.0. The lowest BCUT2D eigenvalue weighted by Crippen LogP contribution is -2.53. The molecule has 156 valence electrons. The fourth-order valence-electron chi connectivity index (χ4n) is 4.60. The molecule has 1 fully saturated rings. The van der Waals surface area contributed by atoms with Crippen molar-refractivity contribution in [2.24, 2.45) is 29.5 Å². The molecule has 9 heteroatoms. The van der Waals surface area contributed by atoms with E-state index < -0.39 is 44.2 Å². The van der Waals surface area contributed by atoms with E-state index in [1.54, 1.807) is 25.4 Å². The van der Waals surface area contributed by atoms with Gasteiger partial charge in [0, 0.05) is 6.26 Å². The number of nitrogens with two attached hydrogens (primary N) is 1. The number of hydrazine groups is 1. The Kier molecular flexibility index (Phi) is 8.00. The number of allylic oxidation sites excluding steroid dienone is 1. The first-order chi connectivity index (χ1) is 12.4. The van der Waals surface area contributed by atoms with E-state index in [1.807, 2.05) is 13.8 Å². The SMILES string of the molecule is CC(C)=C[C@@H](C(=O)NN)[C@H](C(=O)NO)C1CCCC1(CC(C)C)S(C)(=O)=O. The van der Waals surface area contributed by atoms with Crippen LogP contribution in [0.1, 0.15) is 53.4 Å². The molecule has 0 heterocycles. The van der Waals surface area contributed by atoms with Gasteiger partial charge in [-0.25, -0.2) is 19.7 Å². The summed E-state index contributed by atoms with van der Waals surface area (Å²) in [6, 6.07) is 0. The standard InChI is InChI=1S/C18H33N3O5S/c1-11(2)9-13(16(22)20-19)15(17(23)21-24)14-7-6-8-18(14,10-12(3)4)27(5,25)26/h9,12-15,24H,6-8,10,19H2,1-5H3,(H,20,22)(H,21,23)/t13-,14?,15+,18?/m1/s1. The Morgan fingerprint density at radius 3 is 2.30 bits per heavy atom. The van der Waals surface area contributed by atoms with Crippen molar-refractivity contribution in [2.45, 2.75) is 58.1 Å². The predicted octanol–water partition coefficient (Wildman–Crippen LogP) is 1.31. The monoisotopic (exact) mass is 403 g/mol. The first-order valence-electron chi connectivity index (χ1n) is 9.20. The Bertz CT molecular complexity index is 685. The Morgan fingerprint density at radius 2 is 1.89 bits per heavy atom. The second-order valence-corrected chi connectivity index (χ2v) is 10.6. The van der Waals surface area contributed by atoms with Crippen LogP contribution in [0.2, 0.25) is 0 Å². The molecule has 1 aliphatic carbocycles. The van der Waals surface area contributed by atoms with Crippen molar-refractivity contribution in [3.63, 3.8) is 0 Å². The van der Waals surface area contributed by atoms with Crippen LogP contribution in [-0.2, 0) is 19.4 Å². The van der Waals surface area contributed by atoms with E-state index in [2.05, 4.69) is 5.43 Å². The number of nitrogens with one attached hydrogen (secondary N) is 2. The highest BCUT2D eigenvalue weighted by atomic mass is 32.2. The summed E-state index contributed by atoms with van der Waals surface area (Å²) in [6.45, 7) is 7.42. The molecule has 0 saturated heterocycles. The minimum absolute atomic E-state index is 0.0865. The van der Waals surface area contributed by atoms with Gasteiger partial charge in [0.05, 0.1) is 16.6 Å². The average Bonchev–Trinajstić information content (AvgIpc) is 2.96. The van der Waals surface area contributed by atoms with Gasteiger partial charge < -0.3 is 0 Å². The third-order valence-electron chi connectivity index (χ3n) is 5.47. The van der Waals surface area contributed by atoms with Crippen LogP contribution in [0, 0.1) is 23.7 Å². The van der Waals surface area contributed by atoms with Gasteiger partial charge in [-0.2, -0.15) is 0 Å². The molecule has 8 nitrogen and oxygen atoms in total. The van der Waals surface area contributed by atoms with Crippen LogP contribution in [0.3, 0.4) is 0 Å². The lowest BCUT2D eigenvalue weighted by atomic mass is 9.72. The van der Waals surface area contributed by atoms with E-state index >= 15 is 0 Å². The lowest BCUT2D eigenvalue weighted by Gasteiger charge is -2.40. The third-order valence-corrected chi connectivity index (χ3v) is 7.62. The van der Waals surface area contributed by atoms with Crippen LogP contribution in [0.5, 0.6) is 0 Å². The van der Waals surface area contributed by atoms with Crippen LogP contribution in [0.25, 0.3) is 0 Å². The van der Waals surface area contributed by atoms with E-state index in [1.165, 1.54) is 6.26 Å². The summed E-state index contributed by atoms with van der Waals surface area (Å²) in [7, 11) is -3.53. The molecule has 2 amide bonds. The molecule has 0 aliphatic heterocycles. The first-order valence-corrected chi connectivity index (χ1v) is 11.1. The zero-order valence-electron chi connectivity index (χ0n) is 16.8. The predicted molar refractivity (Wildman–Crippen MR) is 103 cm³/mol. The van der Waals surface area contributed by atoms with Crippen molar-refractivity contribution < 1.29 is 23.2 Å². The molecule has 0 aromatic heterocycles. The molecular formula is C18H33N3O5S. The van der Waals surface area contributed by atoms with Crippen molar-refractivity contribution in [1.29, 1.82) is 0 Å². The van der Waals surface area contributed by atoms with Gasteiger partial charge in [-0.05, 0) is 44.9 Å². The van der Waals surface area contributed by atoms with Crippen molar-refractivity contribution in [3.8, 4) is 0 Å². The van der Waals surface area contributed by atoms with Crippen LogP contribution < -0.4 is 16.7 Å². The van der Waals surface area contributed by atoms with E-state index in [0.717, 1.165) is 5.57 Å². The Hall–Kier alpha value is -1.45. The third kappa shape index (κ3) is 5.08. The summed E-state index contributed by atoms with van der Waals surface area (Å²) < 4.78 is 24.6. The lowest BCUT2D eigenvalue weighted by molar-refractivity contribution is -0.141. The van der Waals surface area contributed by atoms with Gasteiger partial charge in [-0.3, -0.25) is 20.2 Å². The minimum atomic E-state index is -3.53. The first kappa shape index (κ1) is 23.6. The second-order valence-electron chi connectivity index (χ2n) is 8.21. The molecule has 2 unspecified atom stereocenters. The van der Waals surface area contributed by atoms with Crippen molar-refractivity contribution in [3.05, 3.63) is 11.6 Å². The molecular weight excluding hydrogens is 370 g/mol. The zero-order valence-corrected chi connectivity index (χ0v) is 17.6. The number of hydrogen-bond donors (Lipinski definition) is 4. The summed E-state index contributed by atoms with van der Waals surface area (Å²) >= 11 is 0. The van der Waals surface area contributed by atoms with Gasteiger partial charge in [-0.15, -0.1) is 0 Å². The van der Waals surface area contributed by atoms with Crippen LogP contribution in [0.4, 0.5) is 0 Å².